The fourth-order valence-corrected chi connectivity index (χ4v) is 8.11. The molecule has 3 aromatic carbocycles. The van der Waals surface area contributed by atoms with Gasteiger partial charge in [-0.3, -0.25) is 6.08 Å². The summed E-state index contributed by atoms with van der Waals surface area (Å²) < 4.78 is 1.51. The van der Waals surface area contributed by atoms with E-state index in [2.05, 4.69) is 104 Å². The number of benzene rings is 2. The van der Waals surface area contributed by atoms with Gasteiger partial charge in [-0.1, -0.05) is 59.6 Å². The molecule has 0 amide bonds. The predicted octanol–water partition coefficient (Wildman–Crippen LogP) is 4.08. The largest absolute Gasteiger partial charge is 1.00 e. The molecule has 0 aromatic heterocycles. The SMILES string of the molecule is CC1[C-]=CC(C2(C)C3CC4CC(C3)CC2C4)=C1.C[C](C)=[Zr+2].Cc1cc2[cH-]c3cc(C)c(C)cc3c2cc1C.[Cl-].[Cl-]. The van der Waals surface area contributed by atoms with Gasteiger partial charge >= 0.3 is 41.3 Å². The standard InChI is InChI=1S/C17H23.C17H17.C3H6.2ClH.Zr/c1-11-3-4-14(5-11)17(2)15-7-12-6-13(9-15)10-16(17)8-12;1-10-5-14-9-15-6-11(2)13(4)8-17(15)16(14)7-12(10)3;1-3-2;;;/h4-5,11-13,15-16H,6-10H2,1-2H3;5-9H,1-4H3;1-2H3;2*1H;/q2*-1;;;;+2/p-2. The normalized spacial score (nSPS) is 29.1. The van der Waals surface area contributed by atoms with E-state index in [1.807, 2.05) is 0 Å². The van der Waals surface area contributed by atoms with Crippen LogP contribution in [-0.4, -0.2) is 3.21 Å². The number of hydrogen-bond donors (Lipinski definition) is 0. The van der Waals surface area contributed by atoms with Crippen molar-refractivity contribution in [1.29, 1.82) is 0 Å². The molecule has 3 heteroatoms. The summed E-state index contributed by atoms with van der Waals surface area (Å²) in [6.07, 6.45) is 15.9. The van der Waals surface area contributed by atoms with Gasteiger partial charge in [0.15, 0.2) is 0 Å². The van der Waals surface area contributed by atoms with Crippen LogP contribution in [-0.2, 0) is 24.2 Å². The Morgan fingerprint density at radius 1 is 0.775 bits per heavy atom. The molecule has 1 atom stereocenters. The third-order valence-electron chi connectivity index (χ3n) is 10.3. The van der Waals surface area contributed by atoms with E-state index in [1.165, 1.54) is 72.7 Å². The van der Waals surface area contributed by atoms with Crippen LogP contribution >= 0.6 is 0 Å². The third kappa shape index (κ3) is 6.53. The molecule has 5 aliphatic rings. The Balaban J connectivity index is 0.000000187. The number of hydrogen-bond acceptors (Lipinski definition) is 0. The van der Waals surface area contributed by atoms with Crippen LogP contribution < -0.4 is 24.8 Å². The molecule has 5 aliphatic carbocycles. The molecule has 214 valence electrons. The minimum Gasteiger partial charge on any atom is -1.00 e. The minimum atomic E-state index is 0. The average molecular weight is 653 g/mol. The monoisotopic (exact) mass is 650 g/mol. The number of halogens is 2. The summed E-state index contributed by atoms with van der Waals surface area (Å²) in [5.41, 5.74) is 7.65. The molecule has 0 N–H and O–H groups in total. The Hall–Kier alpha value is -0.877. The molecular weight excluding hydrogens is 607 g/mol. The maximum atomic E-state index is 3.49. The van der Waals surface area contributed by atoms with Gasteiger partial charge in [-0.2, -0.15) is 11.6 Å². The van der Waals surface area contributed by atoms with Crippen molar-refractivity contribution in [3.8, 4) is 0 Å². The molecule has 0 spiro atoms. The van der Waals surface area contributed by atoms with Crippen molar-refractivity contribution in [2.75, 3.05) is 0 Å². The van der Waals surface area contributed by atoms with Crippen LogP contribution in [0.3, 0.4) is 0 Å². The second-order valence-electron chi connectivity index (χ2n) is 13.5. The predicted molar refractivity (Wildman–Crippen MR) is 163 cm³/mol. The van der Waals surface area contributed by atoms with E-state index in [1.54, 1.807) is 36.2 Å². The summed E-state index contributed by atoms with van der Waals surface area (Å²) in [6.45, 7) is 17.8. The number of allylic oxidation sites excluding steroid dienone is 4. The molecule has 8 rings (SSSR count). The quantitative estimate of drug-likeness (QED) is 0.348. The first kappa shape index (κ1) is 33.6. The van der Waals surface area contributed by atoms with Gasteiger partial charge in [-0.15, -0.1) is 39.7 Å². The van der Waals surface area contributed by atoms with Crippen molar-refractivity contribution in [3.05, 3.63) is 76.4 Å². The van der Waals surface area contributed by atoms with Gasteiger partial charge in [-0.25, -0.2) is 6.08 Å². The van der Waals surface area contributed by atoms with E-state index in [4.69, 9.17) is 0 Å². The Labute approximate surface area is 271 Å². The van der Waals surface area contributed by atoms with Gasteiger partial charge in [0, 0.05) is 0 Å². The molecule has 1 unspecified atom stereocenters. The van der Waals surface area contributed by atoms with E-state index in [-0.39, 0.29) is 24.8 Å². The zero-order valence-corrected chi connectivity index (χ0v) is 29.7. The maximum Gasteiger partial charge on any atom is -0.0408 e. The molecule has 3 aromatic rings. The fraction of sp³-hybridized carbons (Fsp3) is 0.514. The van der Waals surface area contributed by atoms with Crippen LogP contribution in [0.1, 0.15) is 82.1 Å². The van der Waals surface area contributed by atoms with Crippen LogP contribution in [0.15, 0.2) is 48.1 Å². The van der Waals surface area contributed by atoms with Crippen LogP contribution in [0.4, 0.5) is 0 Å². The molecule has 0 aliphatic heterocycles. The second kappa shape index (κ2) is 13.2. The first-order chi connectivity index (χ1) is 17.9. The smallest absolute Gasteiger partial charge is 0.0408 e. The zero-order chi connectivity index (χ0) is 27.4. The van der Waals surface area contributed by atoms with E-state index < -0.39 is 0 Å². The third-order valence-corrected chi connectivity index (χ3v) is 10.3. The number of aryl methyl sites for hydroxylation is 4. The van der Waals surface area contributed by atoms with E-state index in [9.17, 15) is 0 Å². The molecule has 0 saturated heterocycles. The molecular formula is C37H46Cl2Zr-2. The van der Waals surface area contributed by atoms with E-state index in [0.717, 1.165) is 23.7 Å². The molecule has 0 nitrogen and oxygen atoms in total. The average Bonchev–Trinajstić information content (AvgIpc) is 3.41. The zero-order valence-electron chi connectivity index (χ0n) is 25.7. The Morgan fingerprint density at radius 2 is 1.18 bits per heavy atom. The van der Waals surface area contributed by atoms with Crippen molar-refractivity contribution < 1.29 is 49.0 Å². The van der Waals surface area contributed by atoms with Gasteiger partial charge in [0.2, 0.25) is 0 Å². The molecule has 0 heterocycles. The summed E-state index contributed by atoms with van der Waals surface area (Å²) >= 11 is 1.55. The molecule has 4 fully saturated rings. The van der Waals surface area contributed by atoms with Gasteiger partial charge in [-0.05, 0) is 83.5 Å². The van der Waals surface area contributed by atoms with Crippen molar-refractivity contribution >= 4 is 24.8 Å². The Morgan fingerprint density at radius 3 is 1.55 bits per heavy atom. The van der Waals surface area contributed by atoms with E-state index in [0.29, 0.717) is 11.3 Å². The summed E-state index contributed by atoms with van der Waals surface area (Å²) in [5, 5.41) is 5.53. The van der Waals surface area contributed by atoms with Crippen LogP contribution in [0.5, 0.6) is 0 Å². The summed E-state index contributed by atoms with van der Waals surface area (Å²) in [6, 6.07) is 11.6. The minimum absolute atomic E-state index is 0. The van der Waals surface area contributed by atoms with Crippen molar-refractivity contribution in [2.45, 2.75) is 87.5 Å². The molecule has 40 heavy (non-hydrogen) atoms. The molecule has 4 bridgehead atoms. The Kier molecular flexibility index (Phi) is 11.1. The van der Waals surface area contributed by atoms with Gasteiger partial charge in [0.05, 0.1) is 0 Å². The summed E-state index contributed by atoms with van der Waals surface area (Å²) in [7, 11) is 0. The number of fused-ring (bicyclic) bond motifs is 3. The maximum absolute atomic E-state index is 3.49. The van der Waals surface area contributed by atoms with Crippen LogP contribution in [0.2, 0.25) is 0 Å². The van der Waals surface area contributed by atoms with Crippen molar-refractivity contribution in [1.82, 2.24) is 0 Å². The second-order valence-corrected chi connectivity index (χ2v) is 16.0. The van der Waals surface area contributed by atoms with Gasteiger partial charge in [0.25, 0.3) is 0 Å². The molecule has 0 radical (unpaired) electrons. The molecule has 4 saturated carbocycles. The number of rotatable bonds is 1. The first-order valence-corrected chi connectivity index (χ1v) is 16.1. The summed E-state index contributed by atoms with van der Waals surface area (Å²) in [4.78, 5) is 0. The fourth-order valence-electron chi connectivity index (χ4n) is 8.11. The van der Waals surface area contributed by atoms with E-state index >= 15 is 0 Å². The first-order valence-electron chi connectivity index (χ1n) is 14.9. The van der Waals surface area contributed by atoms with Gasteiger partial charge < -0.3 is 24.8 Å². The van der Waals surface area contributed by atoms with Crippen molar-refractivity contribution in [2.24, 2.45) is 35.0 Å². The van der Waals surface area contributed by atoms with Crippen LogP contribution in [0.25, 0.3) is 21.5 Å². The van der Waals surface area contributed by atoms with Crippen molar-refractivity contribution in [3.63, 3.8) is 0 Å². The summed E-state index contributed by atoms with van der Waals surface area (Å²) in [5.74, 6) is 4.68. The van der Waals surface area contributed by atoms with Crippen LogP contribution in [0, 0.1) is 68.8 Å². The topological polar surface area (TPSA) is 0 Å². The Bertz CT molecular complexity index is 1340. The van der Waals surface area contributed by atoms with Gasteiger partial charge in [0.1, 0.15) is 0 Å².